The first-order chi connectivity index (χ1) is 9.77. The van der Waals surface area contributed by atoms with Crippen LogP contribution in [0.25, 0.3) is 0 Å². The molecule has 0 bridgehead atoms. The van der Waals surface area contributed by atoms with Gasteiger partial charge >= 0.3 is 6.18 Å². The molecule has 2 aliphatic rings. The molecule has 21 heavy (non-hydrogen) atoms. The first kappa shape index (κ1) is 15.7. The third-order valence-corrected chi connectivity index (χ3v) is 3.75. The average molecular weight is 307 g/mol. The summed E-state index contributed by atoms with van der Waals surface area (Å²) in [6.45, 7) is -0.309. The van der Waals surface area contributed by atoms with Gasteiger partial charge in [0.15, 0.2) is 0 Å². The minimum Gasteiger partial charge on any atom is -0.343 e. The second kappa shape index (κ2) is 6.00. The topological polar surface area (TPSA) is 87.3 Å². The monoisotopic (exact) mass is 307 g/mol. The fourth-order valence-corrected chi connectivity index (χ4v) is 2.46. The molecular weight excluding hydrogens is 291 g/mol. The van der Waals surface area contributed by atoms with Gasteiger partial charge in [-0.25, -0.2) is 0 Å². The third-order valence-electron chi connectivity index (χ3n) is 3.75. The van der Waals surface area contributed by atoms with Gasteiger partial charge in [0.05, 0.1) is 12.0 Å². The largest absolute Gasteiger partial charge is 0.393 e. The van der Waals surface area contributed by atoms with Crippen LogP contribution in [0.5, 0.6) is 0 Å². The van der Waals surface area contributed by atoms with Crippen LogP contribution in [0, 0.1) is 5.92 Å². The van der Waals surface area contributed by atoms with E-state index in [-0.39, 0.29) is 32.2 Å². The SMILES string of the molecule is O=C1CCC(NC(=O)C2CCC(C(F)(F)F)CN2)C(=O)N1. The first-order valence-electron chi connectivity index (χ1n) is 6.71. The van der Waals surface area contributed by atoms with Gasteiger partial charge in [0, 0.05) is 13.0 Å². The zero-order valence-corrected chi connectivity index (χ0v) is 11.1. The smallest absolute Gasteiger partial charge is 0.343 e. The first-order valence-corrected chi connectivity index (χ1v) is 6.71. The van der Waals surface area contributed by atoms with Crippen molar-refractivity contribution in [2.45, 2.75) is 43.9 Å². The normalized spacial score (nSPS) is 30.7. The van der Waals surface area contributed by atoms with Gasteiger partial charge in [0.1, 0.15) is 6.04 Å². The van der Waals surface area contributed by atoms with Crippen LogP contribution in [0.15, 0.2) is 0 Å². The molecule has 9 heteroatoms. The molecule has 0 radical (unpaired) electrons. The zero-order chi connectivity index (χ0) is 15.6. The molecule has 3 N–H and O–H groups in total. The van der Waals surface area contributed by atoms with Gasteiger partial charge in [-0.05, 0) is 19.3 Å². The van der Waals surface area contributed by atoms with Crippen LogP contribution >= 0.6 is 0 Å². The second-order valence-corrected chi connectivity index (χ2v) is 5.29. The van der Waals surface area contributed by atoms with Gasteiger partial charge in [0.25, 0.3) is 0 Å². The Labute approximate surface area is 118 Å². The molecule has 2 aliphatic heterocycles. The van der Waals surface area contributed by atoms with Crippen LogP contribution < -0.4 is 16.0 Å². The maximum atomic E-state index is 12.5. The van der Waals surface area contributed by atoms with Gasteiger partial charge < -0.3 is 10.6 Å². The van der Waals surface area contributed by atoms with Crippen molar-refractivity contribution in [3.63, 3.8) is 0 Å². The van der Waals surface area contributed by atoms with Crippen molar-refractivity contribution in [3.8, 4) is 0 Å². The predicted molar refractivity (Wildman–Crippen MR) is 64.9 cm³/mol. The number of alkyl halides is 3. The number of hydrogen-bond acceptors (Lipinski definition) is 4. The Morgan fingerprint density at radius 1 is 1.19 bits per heavy atom. The molecule has 2 rings (SSSR count). The maximum Gasteiger partial charge on any atom is 0.393 e. The molecule has 0 aromatic carbocycles. The number of hydrogen-bond donors (Lipinski definition) is 3. The molecular formula is C12H16F3N3O3. The summed E-state index contributed by atoms with van der Waals surface area (Å²) in [5.41, 5.74) is 0. The van der Waals surface area contributed by atoms with Crippen molar-refractivity contribution in [2.75, 3.05) is 6.54 Å². The van der Waals surface area contributed by atoms with E-state index in [0.29, 0.717) is 0 Å². The number of piperidine rings is 2. The molecule has 118 valence electrons. The number of amides is 3. The van der Waals surface area contributed by atoms with E-state index in [2.05, 4.69) is 16.0 Å². The van der Waals surface area contributed by atoms with E-state index in [0.717, 1.165) is 0 Å². The third kappa shape index (κ3) is 3.93. The highest BCUT2D eigenvalue weighted by Crippen LogP contribution is 2.31. The molecule has 3 atom stereocenters. The van der Waals surface area contributed by atoms with Gasteiger partial charge in [-0.2, -0.15) is 13.2 Å². The van der Waals surface area contributed by atoms with Crippen molar-refractivity contribution in [2.24, 2.45) is 5.92 Å². The van der Waals surface area contributed by atoms with Crippen LogP contribution in [0.3, 0.4) is 0 Å². The Morgan fingerprint density at radius 2 is 1.90 bits per heavy atom. The highest BCUT2D eigenvalue weighted by atomic mass is 19.4. The minimum absolute atomic E-state index is 0.0588. The molecule has 3 unspecified atom stereocenters. The Morgan fingerprint density at radius 3 is 2.43 bits per heavy atom. The van der Waals surface area contributed by atoms with E-state index in [1.807, 2.05) is 0 Å². The van der Waals surface area contributed by atoms with Crippen molar-refractivity contribution in [3.05, 3.63) is 0 Å². The Hall–Kier alpha value is -1.64. The van der Waals surface area contributed by atoms with E-state index in [9.17, 15) is 27.6 Å². The molecule has 0 aromatic rings. The summed E-state index contributed by atoms with van der Waals surface area (Å²) in [4.78, 5) is 34.4. The fourth-order valence-electron chi connectivity index (χ4n) is 2.46. The van der Waals surface area contributed by atoms with Crippen molar-refractivity contribution in [1.29, 1.82) is 0 Å². The fraction of sp³-hybridized carbons (Fsp3) is 0.750. The number of imide groups is 1. The number of carbonyl (C=O) groups excluding carboxylic acids is 3. The van der Waals surface area contributed by atoms with E-state index in [1.54, 1.807) is 0 Å². The summed E-state index contributed by atoms with van der Waals surface area (Å²) in [6.07, 6.45) is -4.00. The molecule has 2 fully saturated rings. The lowest BCUT2D eigenvalue weighted by Gasteiger charge is -2.31. The van der Waals surface area contributed by atoms with Crippen LogP contribution in [-0.4, -0.2) is 42.5 Å². The summed E-state index contributed by atoms with van der Waals surface area (Å²) in [6, 6.07) is -1.55. The molecule has 2 saturated heterocycles. The predicted octanol–water partition coefficient (Wildman–Crippen LogP) is -0.162. The summed E-state index contributed by atoms with van der Waals surface area (Å²) in [7, 11) is 0. The highest BCUT2D eigenvalue weighted by molar-refractivity contribution is 6.02. The Bertz CT molecular complexity index is 445. The second-order valence-electron chi connectivity index (χ2n) is 5.29. The molecule has 0 spiro atoms. The van der Waals surface area contributed by atoms with E-state index in [4.69, 9.17) is 0 Å². The summed E-state index contributed by atoms with van der Waals surface area (Å²) in [5, 5.41) is 7.13. The molecule has 6 nitrogen and oxygen atoms in total. The van der Waals surface area contributed by atoms with Crippen molar-refractivity contribution in [1.82, 2.24) is 16.0 Å². The molecule has 0 aromatic heterocycles. The lowest BCUT2D eigenvalue weighted by atomic mass is 9.93. The number of rotatable bonds is 2. The van der Waals surface area contributed by atoms with Gasteiger partial charge in [-0.3, -0.25) is 19.7 Å². The standard InChI is InChI=1S/C12H16F3N3O3/c13-12(14,15)6-1-2-7(16-5-6)10(20)17-8-3-4-9(19)18-11(8)21/h6-8,16H,1-5H2,(H,17,20)(H,18,19,21). The maximum absolute atomic E-state index is 12.5. The van der Waals surface area contributed by atoms with Gasteiger partial charge in [0.2, 0.25) is 17.7 Å². The molecule has 2 heterocycles. The summed E-state index contributed by atoms with van der Waals surface area (Å²) < 4.78 is 37.5. The van der Waals surface area contributed by atoms with E-state index >= 15 is 0 Å². The lowest BCUT2D eigenvalue weighted by molar-refractivity contribution is -0.180. The average Bonchev–Trinajstić information content (AvgIpc) is 2.41. The minimum atomic E-state index is -4.27. The van der Waals surface area contributed by atoms with Crippen molar-refractivity contribution < 1.29 is 27.6 Å². The number of carbonyl (C=O) groups is 3. The highest BCUT2D eigenvalue weighted by Gasteiger charge is 2.42. The van der Waals surface area contributed by atoms with Crippen LogP contribution in [0.1, 0.15) is 25.7 Å². The van der Waals surface area contributed by atoms with E-state index < -0.39 is 41.9 Å². The lowest BCUT2D eigenvalue weighted by Crippen LogP contribution is -2.57. The van der Waals surface area contributed by atoms with E-state index in [1.165, 1.54) is 0 Å². The summed E-state index contributed by atoms with van der Waals surface area (Å²) >= 11 is 0. The van der Waals surface area contributed by atoms with Crippen LogP contribution in [0.4, 0.5) is 13.2 Å². The van der Waals surface area contributed by atoms with Crippen LogP contribution in [-0.2, 0) is 14.4 Å². The van der Waals surface area contributed by atoms with Crippen LogP contribution in [0.2, 0.25) is 0 Å². The van der Waals surface area contributed by atoms with Gasteiger partial charge in [-0.15, -0.1) is 0 Å². The zero-order valence-electron chi connectivity index (χ0n) is 11.1. The number of halogens is 3. The quantitative estimate of drug-likeness (QED) is 0.619. The molecule has 0 saturated carbocycles. The summed E-state index contributed by atoms with van der Waals surface area (Å²) in [5.74, 6) is -2.93. The number of nitrogens with one attached hydrogen (secondary N) is 3. The van der Waals surface area contributed by atoms with Crippen molar-refractivity contribution >= 4 is 17.7 Å². The molecule has 3 amide bonds. The Kier molecular flexibility index (Phi) is 4.50. The van der Waals surface area contributed by atoms with Gasteiger partial charge in [-0.1, -0.05) is 0 Å². The molecule has 0 aliphatic carbocycles. The Balaban J connectivity index is 1.82.